The number of carboxylic acid groups (broad SMARTS) is 3. The first-order valence-corrected chi connectivity index (χ1v) is 11.0. The predicted molar refractivity (Wildman–Crippen MR) is 130 cm³/mol. The van der Waals surface area contributed by atoms with Gasteiger partial charge in [0.05, 0.1) is 16.7 Å². The van der Waals surface area contributed by atoms with Crippen LogP contribution in [0.25, 0.3) is 22.3 Å². The van der Waals surface area contributed by atoms with Gasteiger partial charge in [-0.3, -0.25) is 0 Å². The van der Waals surface area contributed by atoms with Crippen molar-refractivity contribution in [2.24, 2.45) is 0 Å². The number of hydrogen-bond acceptors (Lipinski definition) is 3. The molecule has 0 fully saturated rings. The molecule has 0 amide bonds. The van der Waals surface area contributed by atoms with Crippen LogP contribution in [-0.2, 0) is 12.8 Å². The lowest BCUT2D eigenvalue weighted by Gasteiger charge is -2.03. The summed E-state index contributed by atoms with van der Waals surface area (Å²) >= 11 is 0. The zero-order chi connectivity index (χ0) is 24.7. The molecule has 6 nitrogen and oxygen atoms in total. The molecule has 3 N–H and O–H groups in total. The van der Waals surface area contributed by atoms with Gasteiger partial charge in [0.25, 0.3) is 0 Å². The number of carbonyl (C=O) groups is 3. The third-order valence-electron chi connectivity index (χ3n) is 6.46. The van der Waals surface area contributed by atoms with Crippen LogP contribution in [-0.4, -0.2) is 33.2 Å². The second-order valence-corrected chi connectivity index (χ2v) is 8.50. The molecule has 6 heteroatoms. The number of benzene rings is 4. The van der Waals surface area contributed by atoms with E-state index in [9.17, 15) is 14.4 Å². The van der Waals surface area contributed by atoms with E-state index in [2.05, 4.69) is 6.07 Å². The fourth-order valence-electron chi connectivity index (χ4n) is 4.83. The van der Waals surface area contributed by atoms with E-state index in [1.54, 1.807) is 42.5 Å². The molecular formula is C29H20O6. The molecule has 2 aliphatic rings. The SMILES string of the molecule is O=C(O)c1ccc2c(c1)Cc1cc(C(=O)O)ccc1-2.O=C(O)c1cccc2c1Cc1ccccc1-2. The maximum absolute atomic E-state index is 11.1. The highest BCUT2D eigenvalue weighted by atomic mass is 16.4. The fourth-order valence-corrected chi connectivity index (χ4v) is 4.83. The van der Waals surface area contributed by atoms with E-state index in [1.807, 2.05) is 30.3 Å². The second-order valence-electron chi connectivity index (χ2n) is 8.50. The van der Waals surface area contributed by atoms with Crippen LogP contribution < -0.4 is 0 Å². The summed E-state index contributed by atoms with van der Waals surface area (Å²) in [5.74, 6) is -2.75. The zero-order valence-electron chi connectivity index (χ0n) is 18.5. The molecule has 0 aliphatic heterocycles. The molecule has 0 atom stereocenters. The van der Waals surface area contributed by atoms with Gasteiger partial charge in [0.2, 0.25) is 0 Å². The van der Waals surface area contributed by atoms with E-state index >= 15 is 0 Å². The maximum Gasteiger partial charge on any atom is 0.335 e. The Kier molecular flexibility index (Phi) is 5.41. The highest BCUT2D eigenvalue weighted by Crippen LogP contribution is 2.38. The molecular weight excluding hydrogens is 444 g/mol. The van der Waals surface area contributed by atoms with Crippen molar-refractivity contribution >= 4 is 17.9 Å². The molecule has 0 saturated heterocycles. The van der Waals surface area contributed by atoms with Gasteiger partial charge in [-0.15, -0.1) is 0 Å². The first-order valence-electron chi connectivity index (χ1n) is 11.0. The first kappa shape index (κ1) is 22.1. The van der Waals surface area contributed by atoms with E-state index in [-0.39, 0.29) is 11.1 Å². The van der Waals surface area contributed by atoms with Crippen LogP contribution in [0.1, 0.15) is 53.3 Å². The molecule has 0 spiro atoms. The molecule has 4 aromatic carbocycles. The number of carboxylic acids is 3. The lowest BCUT2D eigenvalue weighted by molar-refractivity contribution is 0.0685. The van der Waals surface area contributed by atoms with Crippen LogP contribution in [0.3, 0.4) is 0 Å². The first-order chi connectivity index (χ1) is 16.8. The van der Waals surface area contributed by atoms with Gasteiger partial charge in [0.1, 0.15) is 0 Å². The number of aromatic carboxylic acids is 3. The van der Waals surface area contributed by atoms with Crippen LogP contribution in [0.2, 0.25) is 0 Å². The molecule has 6 rings (SSSR count). The van der Waals surface area contributed by atoms with Crippen molar-refractivity contribution < 1.29 is 29.7 Å². The summed E-state index contributed by atoms with van der Waals surface area (Å²) in [5, 5.41) is 27.1. The quantitative estimate of drug-likeness (QED) is 0.314. The van der Waals surface area contributed by atoms with Gasteiger partial charge in [-0.2, -0.15) is 0 Å². The predicted octanol–water partition coefficient (Wildman–Crippen LogP) is 5.61. The average molecular weight is 464 g/mol. The lowest BCUT2D eigenvalue weighted by Crippen LogP contribution is -2.01. The summed E-state index contributed by atoms with van der Waals surface area (Å²) < 4.78 is 0. The topological polar surface area (TPSA) is 112 Å². The van der Waals surface area contributed by atoms with Gasteiger partial charge in [-0.1, -0.05) is 48.5 Å². The average Bonchev–Trinajstić information content (AvgIpc) is 3.41. The van der Waals surface area contributed by atoms with Gasteiger partial charge in [0, 0.05) is 0 Å². The van der Waals surface area contributed by atoms with Crippen molar-refractivity contribution in [2.75, 3.05) is 0 Å². The molecule has 35 heavy (non-hydrogen) atoms. The highest BCUT2D eigenvalue weighted by Gasteiger charge is 2.23. The number of hydrogen-bond donors (Lipinski definition) is 3. The fraction of sp³-hybridized carbons (Fsp3) is 0.0690. The van der Waals surface area contributed by atoms with Crippen molar-refractivity contribution in [2.45, 2.75) is 12.8 Å². The van der Waals surface area contributed by atoms with Gasteiger partial charge < -0.3 is 15.3 Å². The lowest BCUT2D eigenvalue weighted by atomic mass is 10.0. The van der Waals surface area contributed by atoms with Crippen molar-refractivity contribution in [3.8, 4) is 22.3 Å². The standard InChI is InChI=1S/C15H10O4.C14H10O2/c16-14(17)8-1-3-12-10(5-8)7-11-6-9(15(18)19)2-4-13(11)12;15-14(16)12-7-3-6-11-10-5-2-1-4-9(10)8-13(11)12/h1-6H,7H2,(H,16,17)(H,18,19);1-7H,8H2,(H,15,16). The van der Waals surface area contributed by atoms with Crippen molar-refractivity contribution in [1.29, 1.82) is 0 Å². The minimum absolute atomic E-state index is 0.255. The van der Waals surface area contributed by atoms with Crippen LogP contribution >= 0.6 is 0 Å². The minimum atomic E-state index is -0.954. The van der Waals surface area contributed by atoms with Crippen LogP contribution in [0, 0.1) is 0 Å². The molecule has 2 aliphatic carbocycles. The van der Waals surface area contributed by atoms with E-state index in [4.69, 9.17) is 15.3 Å². The molecule has 0 saturated carbocycles. The largest absolute Gasteiger partial charge is 0.478 e. The van der Waals surface area contributed by atoms with Crippen molar-refractivity contribution in [1.82, 2.24) is 0 Å². The summed E-state index contributed by atoms with van der Waals surface area (Å²) in [4.78, 5) is 33.0. The molecule has 0 heterocycles. The third kappa shape index (κ3) is 3.95. The Bertz CT molecular complexity index is 1470. The van der Waals surface area contributed by atoms with Crippen LogP contribution in [0.5, 0.6) is 0 Å². The summed E-state index contributed by atoms with van der Waals surface area (Å²) in [6, 6.07) is 23.6. The Hall–Kier alpha value is -4.71. The van der Waals surface area contributed by atoms with Crippen LogP contribution in [0.4, 0.5) is 0 Å². The van der Waals surface area contributed by atoms with Gasteiger partial charge in [-0.05, 0) is 87.7 Å². The Morgan fingerprint density at radius 1 is 0.514 bits per heavy atom. The third-order valence-corrected chi connectivity index (χ3v) is 6.46. The molecule has 0 radical (unpaired) electrons. The molecule has 0 unspecified atom stereocenters. The maximum atomic E-state index is 11.1. The van der Waals surface area contributed by atoms with Gasteiger partial charge in [-0.25, -0.2) is 14.4 Å². The van der Waals surface area contributed by atoms with E-state index in [0.717, 1.165) is 39.8 Å². The molecule has 0 aromatic heterocycles. The summed E-state index contributed by atoms with van der Waals surface area (Å²) in [6.45, 7) is 0. The Balaban J connectivity index is 0.000000147. The number of rotatable bonds is 3. The molecule has 4 aromatic rings. The van der Waals surface area contributed by atoms with E-state index in [1.165, 1.54) is 11.1 Å². The highest BCUT2D eigenvalue weighted by molar-refractivity contribution is 5.94. The Labute approximate surface area is 200 Å². The van der Waals surface area contributed by atoms with Gasteiger partial charge in [0.15, 0.2) is 0 Å². The summed E-state index contributed by atoms with van der Waals surface area (Å²) in [7, 11) is 0. The van der Waals surface area contributed by atoms with E-state index in [0.29, 0.717) is 12.0 Å². The second kappa shape index (κ2) is 8.57. The Morgan fingerprint density at radius 2 is 1.06 bits per heavy atom. The summed E-state index contributed by atoms with van der Waals surface area (Å²) in [5.41, 5.74) is 9.14. The number of fused-ring (bicyclic) bond motifs is 6. The van der Waals surface area contributed by atoms with Crippen LogP contribution in [0.15, 0.2) is 78.9 Å². The Morgan fingerprint density at radius 3 is 1.63 bits per heavy atom. The molecule has 0 bridgehead atoms. The smallest absolute Gasteiger partial charge is 0.335 e. The monoisotopic (exact) mass is 464 g/mol. The molecule has 172 valence electrons. The van der Waals surface area contributed by atoms with Gasteiger partial charge >= 0.3 is 17.9 Å². The summed E-state index contributed by atoms with van der Waals surface area (Å²) in [6.07, 6.45) is 1.31. The van der Waals surface area contributed by atoms with E-state index < -0.39 is 17.9 Å². The van der Waals surface area contributed by atoms with Crippen molar-refractivity contribution in [3.63, 3.8) is 0 Å². The van der Waals surface area contributed by atoms with Crippen molar-refractivity contribution in [3.05, 3.63) is 118 Å². The zero-order valence-corrected chi connectivity index (χ0v) is 18.5. The normalized spacial score (nSPS) is 11.9. The minimum Gasteiger partial charge on any atom is -0.478 e.